The van der Waals surface area contributed by atoms with Crippen molar-refractivity contribution >= 4 is 29.3 Å². The molecule has 0 bridgehead atoms. The molecule has 2 N–H and O–H groups in total. The van der Waals surface area contributed by atoms with Gasteiger partial charge in [-0.3, -0.25) is 14.5 Å². The van der Waals surface area contributed by atoms with Crippen LogP contribution in [0.25, 0.3) is 17.7 Å². The lowest BCUT2D eigenvalue weighted by Gasteiger charge is -2.23. The molecule has 5 nitrogen and oxygen atoms in total. The molecule has 0 atom stereocenters. The summed E-state index contributed by atoms with van der Waals surface area (Å²) in [5.74, 6) is -0.630. The lowest BCUT2D eigenvalue weighted by Crippen LogP contribution is -2.24. The maximum absolute atomic E-state index is 11.4. The standard InChI is InChI=1S/C34H35NO4/c1-25-2-13-30-14-15-31(34(30)20-25)18-19-35(21-28-7-3-26(4-8-28)11-16-32(38)23-36)22-29-9-5-27(6-10-29)12-17-33(39)24-37/h2-13,15-17,20,36-37H,14,18-19,21-24H2,1H3/b16-11+,17-12+. The molecule has 0 saturated carbocycles. The molecule has 1 aliphatic carbocycles. The molecule has 0 aliphatic heterocycles. The van der Waals surface area contributed by atoms with Gasteiger partial charge in [-0.15, -0.1) is 0 Å². The van der Waals surface area contributed by atoms with Crippen molar-refractivity contribution in [3.05, 3.63) is 124 Å². The third kappa shape index (κ3) is 8.29. The molecule has 0 fully saturated rings. The Morgan fingerprint density at radius 1 is 0.795 bits per heavy atom. The normalized spacial score (nSPS) is 12.9. The van der Waals surface area contributed by atoms with Crippen LogP contribution < -0.4 is 0 Å². The molecular weight excluding hydrogens is 486 g/mol. The number of carbonyl (C=O) groups excluding carboxylic acids is 2. The minimum atomic E-state index is -0.484. The van der Waals surface area contributed by atoms with Gasteiger partial charge in [0.2, 0.25) is 0 Å². The number of hydrogen-bond donors (Lipinski definition) is 2. The van der Waals surface area contributed by atoms with E-state index in [1.807, 2.05) is 24.3 Å². The molecule has 4 rings (SSSR count). The quantitative estimate of drug-likeness (QED) is 0.303. The summed E-state index contributed by atoms with van der Waals surface area (Å²) in [6.07, 6.45) is 10.5. The first-order valence-electron chi connectivity index (χ1n) is 13.3. The number of benzene rings is 3. The van der Waals surface area contributed by atoms with Crippen LogP contribution in [0.4, 0.5) is 0 Å². The summed E-state index contributed by atoms with van der Waals surface area (Å²) < 4.78 is 0. The summed E-state index contributed by atoms with van der Waals surface area (Å²) in [5.41, 5.74) is 9.64. The Bertz CT molecular complexity index is 1310. The highest BCUT2D eigenvalue weighted by atomic mass is 16.3. The minimum Gasteiger partial charge on any atom is -0.388 e. The van der Waals surface area contributed by atoms with E-state index < -0.39 is 13.2 Å². The van der Waals surface area contributed by atoms with Gasteiger partial charge in [0.15, 0.2) is 11.6 Å². The monoisotopic (exact) mass is 521 g/mol. The number of nitrogens with zero attached hydrogens (tertiary/aromatic N) is 1. The molecule has 1 aliphatic rings. The molecule has 5 heteroatoms. The Morgan fingerprint density at radius 2 is 1.33 bits per heavy atom. The van der Waals surface area contributed by atoms with E-state index in [4.69, 9.17) is 10.2 Å². The number of rotatable bonds is 13. The maximum Gasteiger partial charge on any atom is 0.181 e. The van der Waals surface area contributed by atoms with Crippen LogP contribution in [-0.2, 0) is 29.1 Å². The molecule has 200 valence electrons. The molecule has 3 aromatic rings. The van der Waals surface area contributed by atoms with E-state index in [1.54, 1.807) is 12.2 Å². The van der Waals surface area contributed by atoms with Crippen molar-refractivity contribution in [3.8, 4) is 0 Å². The van der Waals surface area contributed by atoms with Gasteiger partial charge in [0, 0.05) is 19.6 Å². The van der Waals surface area contributed by atoms with Crippen molar-refractivity contribution in [2.24, 2.45) is 0 Å². The number of ketones is 2. The van der Waals surface area contributed by atoms with Gasteiger partial charge in [0.1, 0.15) is 13.2 Å². The molecule has 0 saturated heterocycles. The van der Waals surface area contributed by atoms with E-state index in [2.05, 4.69) is 60.4 Å². The highest BCUT2D eigenvalue weighted by molar-refractivity contribution is 5.94. The number of allylic oxidation sites excluding steroid dienone is 1. The smallest absolute Gasteiger partial charge is 0.181 e. The first-order chi connectivity index (χ1) is 18.9. The van der Waals surface area contributed by atoms with Gasteiger partial charge in [0.25, 0.3) is 0 Å². The lowest BCUT2D eigenvalue weighted by atomic mass is 10.0. The predicted octanol–water partition coefficient (Wildman–Crippen LogP) is 5.18. The van der Waals surface area contributed by atoms with Gasteiger partial charge < -0.3 is 10.2 Å². The van der Waals surface area contributed by atoms with Crippen LogP contribution in [0, 0.1) is 6.92 Å². The van der Waals surface area contributed by atoms with Crippen LogP contribution >= 0.6 is 0 Å². The van der Waals surface area contributed by atoms with Gasteiger partial charge >= 0.3 is 0 Å². The van der Waals surface area contributed by atoms with Crippen molar-refractivity contribution in [3.63, 3.8) is 0 Å². The Balaban J connectivity index is 1.47. The van der Waals surface area contributed by atoms with Crippen LogP contribution in [0.2, 0.25) is 0 Å². The van der Waals surface area contributed by atoms with E-state index >= 15 is 0 Å². The van der Waals surface area contributed by atoms with E-state index in [9.17, 15) is 9.59 Å². The van der Waals surface area contributed by atoms with E-state index in [1.165, 1.54) is 45.5 Å². The lowest BCUT2D eigenvalue weighted by molar-refractivity contribution is -0.117. The van der Waals surface area contributed by atoms with E-state index in [0.717, 1.165) is 43.6 Å². The average Bonchev–Trinajstić information content (AvgIpc) is 3.36. The second kappa shape index (κ2) is 13.8. The van der Waals surface area contributed by atoms with Crippen LogP contribution in [0.15, 0.2) is 85.0 Å². The molecular formula is C34H35NO4. The molecule has 0 aromatic heterocycles. The van der Waals surface area contributed by atoms with Gasteiger partial charge in [-0.2, -0.15) is 0 Å². The second-order valence-electron chi connectivity index (χ2n) is 9.95. The van der Waals surface area contributed by atoms with Crippen LogP contribution in [0.3, 0.4) is 0 Å². The van der Waals surface area contributed by atoms with E-state index in [-0.39, 0.29) is 11.6 Å². The van der Waals surface area contributed by atoms with E-state index in [0.29, 0.717) is 0 Å². The van der Waals surface area contributed by atoms with Gasteiger partial charge in [-0.1, -0.05) is 90.5 Å². The summed E-state index contributed by atoms with van der Waals surface area (Å²) >= 11 is 0. The highest BCUT2D eigenvalue weighted by Crippen LogP contribution is 2.31. The average molecular weight is 522 g/mol. The summed E-state index contributed by atoms with van der Waals surface area (Å²) in [4.78, 5) is 25.2. The largest absolute Gasteiger partial charge is 0.388 e. The highest BCUT2D eigenvalue weighted by Gasteiger charge is 2.16. The van der Waals surface area contributed by atoms with Crippen LogP contribution in [0.5, 0.6) is 0 Å². The number of carbonyl (C=O) groups is 2. The first kappa shape index (κ1) is 28.1. The van der Waals surface area contributed by atoms with Crippen molar-refractivity contribution in [2.45, 2.75) is 32.9 Å². The Hall–Kier alpha value is -3.90. The van der Waals surface area contributed by atoms with Gasteiger partial charge in [-0.05, 0) is 70.9 Å². The van der Waals surface area contributed by atoms with Crippen LogP contribution in [0.1, 0.15) is 45.4 Å². The molecule has 3 aromatic carbocycles. The molecule has 39 heavy (non-hydrogen) atoms. The number of aryl methyl sites for hydroxylation is 1. The molecule has 0 radical (unpaired) electrons. The van der Waals surface area contributed by atoms with Crippen molar-refractivity contribution < 1.29 is 19.8 Å². The fraction of sp³-hybridized carbons (Fsp3) is 0.235. The molecule has 0 unspecified atom stereocenters. The topological polar surface area (TPSA) is 77.8 Å². The zero-order valence-electron chi connectivity index (χ0n) is 22.3. The zero-order chi connectivity index (χ0) is 27.6. The van der Waals surface area contributed by atoms with Gasteiger partial charge in [-0.25, -0.2) is 0 Å². The van der Waals surface area contributed by atoms with Crippen molar-refractivity contribution in [2.75, 3.05) is 19.8 Å². The maximum atomic E-state index is 11.4. The molecule has 0 spiro atoms. The van der Waals surface area contributed by atoms with Crippen LogP contribution in [-0.4, -0.2) is 46.4 Å². The summed E-state index contributed by atoms with van der Waals surface area (Å²) in [7, 11) is 0. The Morgan fingerprint density at radius 3 is 1.85 bits per heavy atom. The fourth-order valence-corrected chi connectivity index (χ4v) is 4.71. The summed E-state index contributed by atoms with van der Waals surface area (Å²) in [5, 5.41) is 17.8. The Kier molecular flexibility index (Phi) is 9.92. The third-order valence-electron chi connectivity index (χ3n) is 6.88. The fourth-order valence-electron chi connectivity index (χ4n) is 4.71. The predicted molar refractivity (Wildman–Crippen MR) is 157 cm³/mol. The minimum absolute atomic E-state index is 0.315. The Labute approximate surface area is 230 Å². The number of aliphatic hydroxyl groups is 2. The SMILES string of the molecule is Cc1ccc2c(c1)C(CCN(Cc1ccc(/C=C/C(=O)CO)cc1)Cc1ccc(/C=C/C(=O)CO)cc1)=CC2. The number of hydrogen-bond acceptors (Lipinski definition) is 5. The molecule has 0 amide bonds. The number of fused-ring (bicyclic) bond motifs is 1. The van der Waals surface area contributed by atoms with Crippen molar-refractivity contribution in [1.29, 1.82) is 0 Å². The second-order valence-corrected chi connectivity index (χ2v) is 9.95. The third-order valence-corrected chi connectivity index (χ3v) is 6.88. The molecule has 0 heterocycles. The summed E-state index contributed by atoms with van der Waals surface area (Å²) in [6.45, 7) is 3.63. The number of aliphatic hydroxyl groups excluding tert-OH is 2. The summed E-state index contributed by atoms with van der Waals surface area (Å²) in [6, 6.07) is 23.0. The zero-order valence-corrected chi connectivity index (χ0v) is 22.3. The first-order valence-corrected chi connectivity index (χ1v) is 13.3. The van der Waals surface area contributed by atoms with Crippen molar-refractivity contribution in [1.82, 2.24) is 4.90 Å². The van der Waals surface area contributed by atoms with Gasteiger partial charge in [0.05, 0.1) is 0 Å².